The molecule has 2 aliphatic heterocycles. The molecular weight excluding hydrogens is 200 g/mol. The summed E-state index contributed by atoms with van der Waals surface area (Å²) in [5.74, 6) is 0. The van der Waals surface area contributed by atoms with Crippen molar-refractivity contribution in [1.29, 1.82) is 0 Å². The van der Waals surface area contributed by atoms with E-state index in [-0.39, 0.29) is 0 Å². The Labute approximate surface area is 99.3 Å². The van der Waals surface area contributed by atoms with Gasteiger partial charge in [0, 0.05) is 19.7 Å². The number of hydrogen-bond donors (Lipinski definition) is 2. The van der Waals surface area contributed by atoms with Crippen LogP contribution in [0.2, 0.25) is 0 Å². The van der Waals surface area contributed by atoms with Crippen molar-refractivity contribution in [3.8, 4) is 0 Å². The largest absolute Gasteiger partial charge is 0.378 e. The second kappa shape index (κ2) is 5.99. The van der Waals surface area contributed by atoms with E-state index in [1.165, 1.54) is 45.2 Å². The van der Waals surface area contributed by atoms with Gasteiger partial charge in [-0.2, -0.15) is 0 Å². The highest BCUT2D eigenvalue weighted by atomic mass is 16.5. The minimum Gasteiger partial charge on any atom is -0.378 e. The molecule has 0 spiro atoms. The van der Waals surface area contributed by atoms with Gasteiger partial charge in [-0.15, -0.1) is 0 Å². The molecule has 16 heavy (non-hydrogen) atoms. The first-order valence-electron chi connectivity index (χ1n) is 6.82. The van der Waals surface area contributed by atoms with Crippen LogP contribution in [0.4, 0.5) is 0 Å². The normalized spacial score (nSPS) is 35.4. The van der Waals surface area contributed by atoms with Crippen molar-refractivity contribution >= 4 is 0 Å². The Morgan fingerprint density at radius 1 is 1.44 bits per heavy atom. The zero-order chi connectivity index (χ0) is 11.3. The summed E-state index contributed by atoms with van der Waals surface area (Å²) in [5.41, 5.74) is 0.467. The van der Waals surface area contributed by atoms with Crippen LogP contribution in [0.3, 0.4) is 0 Å². The molecule has 2 aliphatic rings. The lowest BCUT2D eigenvalue weighted by Crippen LogP contribution is -2.44. The molecule has 0 radical (unpaired) electrons. The van der Waals surface area contributed by atoms with Crippen molar-refractivity contribution in [2.24, 2.45) is 5.41 Å². The van der Waals surface area contributed by atoms with Gasteiger partial charge in [0.05, 0.1) is 6.10 Å². The van der Waals surface area contributed by atoms with Gasteiger partial charge >= 0.3 is 0 Å². The lowest BCUT2D eigenvalue weighted by Gasteiger charge is -2.34. The highest BCUT2D eigenvalue weighted by molar-refractivity contribution is 4.83. The zero-order valence-corrected chi connectivity index (χ0v) is 10.6. The summed E-state index contributed by atoms with van der Waals surface area (Å²) in [7, 11) is 0. The van der Waals surface area contributed by atoms with Gasteiger partial charge in [0.2, 0.25) is 0 Å². The number of ether oxygens (including phenoxy) is 1. The van der Waals surface area contributed by atoms with Gasteiger partial charge in [0.25, 0.3) is 0 Å². The summed E-state index contributed by atoms with van der Waals surface area (Å²) in [6.45, 7) is 7.99. The number of hydrogen-bond acceptors (Lipinski definition) is 3. The predicted octanol–water partition coefficient (Wildman–Crippen LogP) is 1.53. The lowest BCUT2D eigenvalue weighted by atomic mass is 9.83. The highest BCUT2D eigenvalue weighted by Crippen LogP contribution is 2.24. The summed E-state index contributed by atoms with van der Waals surface area (Å²) in [6, 6.07) is 0. The molecule has 2 fully saturated rings. The van der Waals surface area contributed by atoms with Crippen LogP contribution in [0.15, 0.2) is 0 Å². The van der Waals surface area contributed by atoms with E-state index in [9.17, 15) is 0 Å². The minimum absolute atomic E-state index is 0.467. The van der Waals surface area contributed by atoms with E-state index in [4.69, 9.17) is 4.74 Å². The van der Waals surface area contributed by atoms with Crippen molar-refractivity contribution in [1.82, 2.24) is 10.6 Å². The van der Waals surface area contributed by atoms with E-state index in [1.807, 2.05) is 0 Å². The lowest BCUT2D eigenvalue weighted by molar-refractivity contribution is 0.103. The SMILES string of the molecule is CC1(CNCCC2CCCO2)CCCNC1. The molecule has 0 aromatic rings. The van der Waals surface area contributed by atoms with E-state index < -0.39 is 0 Å². The highest BCUT2D eigenvalue weighted by Gasteiger charge is 2.26. The van der Waals surface area contributed by atoms with Crippen molar-refractivity contribution in [2.45, 2.75) is 45.1 Å². The van der Waals surface area contributed by atoms with Crippen LogP contribution in [-0.2, 0) is 4.74 Å². The maximum absolute atomic E-state index is 5.62. The predicted molar refractivity (Wildman–Crippen MR) is 66.7 cm³/mol. The summed E-state index contributed by atoms with van der Waals surface area (Å²) in [5, 5.41) is 7.10. The Kier molecular flexibility index (Phi) is 4.62. The van der Waals surface area contributed by atoms with Crippen LogP contribution in [0.1, 0.15) is 39.0 Å². The molecule has 2 unspecified atom stereocenters. The van der Waals surface area contributed by atoms with Crippen molar-refractivity contribution in [3.63, 3.8) is 0 Å². The van der Waals surface area contributed by atoms with Crippen LogP contribution in [0.25, 0.3) is 0 Å². The monoisotopic (exact) mass is 226 g/mol. The molecule has 0 aliphatic carbocycles. The number of rotatable bonds is 5. The van der Waals surface area contributed by atoms with Gasteiger partial charge in [-0.3, -0.25) is 0 Å². The molecule has 2 atom stereocenters. The van der Waals surface area contributed by atoms with Gasteiger partial charge in [-0.05, 0) is 50.6 Å². The van der Waals surface area contributed by atoms with E-state index in [0.717, 1.165) is 19.7 Å². The quantitative estimate of drug-likeness (QED) is 0.698. The molecule has 0 amide bonds. The third kappa shape index (κ3) is 3.72. The Morgan fingerprint density at radius 2 is 2.38 bits per heavy atom. The molecule has 2 rings (SSSR count). The first kappa shape index (κ1) is 12.3. The Hall–Kier alpha value is -0.120. The fourth-order valence-corrected chi connectivity index (χ4v) is 2.79. The standard InChI is InChI=1S/C13H26N2O/c1-13(6-3-7-14-10-13)11-15-8-5-12-4-2-9-16-12/h12,14-15H,2-11H2,1H3. The number of piperidine rings is 1. The van der Waals surface area contributed by atoms with Gasteiger partial charge in [-0.25, -0.2) is 0 Å². The fraction of sp³-hybridized carbons (Fsp3) is 1.00. The van der Waals surface area contributed by atoms with Crippen LogP contribution < -0.4 is 10.6 Å². The molecule has 0 aromatic heterocycles. The third-order valence-electron chi connectivity index (χ3n) is 3.90. The summed E-state index contributed by atoms with van der Waals surface area (Å²) < 4.78 is 5.62. The molecule has 2 heterocycles. The maximum atomic E-state index is 5.62. The molecule has 0 aromatic carbocycles. The molecule has 3 nitrogen and oxygen atoms in total. The fourth-order valence-electron chi connectivity index (χ4n) is 2.79. The maximum Gasteiger partial charge on any atom is 0.0588 e. The second-order valence-electron chi connectivity index (χ2n) is 5.69. The molecule has 0 bridgehead atoms. The molecule has 0 saturated carbocycles. The number of nitrogens with one attached hydrogen (secondary N) is 2. The van der Waals surface area contributed by atoms with Gasteiger partial charge in [-0.1, -0.05) is 6.92 Å². The summed E-state index contributed by atoms with van der Waals surface area (Å²) in [4.78, 5) is 0. The first-order chi connectivity index (χ1) is 7.79. The summed E-state index contributed by atoms with van der Waals surface area (Å²) in [6.07, 6.45) is 6.91. The topological polar surface area (TPSA) is 33.3 Å². The van der Waals surface area contributed by atoms with E-state index >= 15 is 0 Å². The van der Waals surface area contributed by atoms with Crippen molar-refractivity contribution < 1.29 is 4.74 Å². The molecular formula is C13H26N2O. The van der Waals surface area contributed by atoms with Crippen LogP contribution in [0, 0.1) is 5.41 Å². The average Bonchev–Trinajstić information content (AvgIpc) is 2.78. The Bertz CT molecular complexity index is 196. The van der Waals surface area contributed by atoms with Gasteiger partial charge in [0.1, 0.15) is 0 Å². The molecule has 2 N–H and O–H groups in total. The van der Waals surface area contributed by atoms with Crippen LogP contribution in [0.5, 0.6) is 0 Å². The van der Waals surface area contributed by atoms with E-state index in [1.54, 1.807) is 0 Å². The first-order valence-corrected chi connectivity index (χ1v) is 6.82. The molecule has 94 valence electrons. The average molecular weight is 226 g/mol. The Balaban J connectivity index is 1.56. The third-order valence-corrected chi connectivity index (χ3v) is 3.90. The van der Waals surface area contributed by atoms with Crippen molar-refractivity contribution in [2.75, 3.05) is 32.8 Å². The molecule has 2 saturated heterocycles. The van der Waals surface area contributed by atoms with E-state index in [2.05, 4.69) is 17.6 Å². The minimum atomic E-state index is 0.467. The summed E-state index contributed by atoms with van der Waals surface area (Å²) >= 11 is 0. The molecule has 3 heteroatoms. The van der Waals surface area contributed by atoms with Crippen molar-refractivity contribution in [3.05, 3.63) is 0 Å². The van der Waals surface area contributed by atoms with Crippen LogP contribution >= 0.6 is 0 Å². The van der Waals surface area contributed by atoms with Crippen LogP contribution in [-0.4, -0.2) is 38.9 Å². The second-order valence-corrected chi connectivity index (χ2v) is 5.69. The van der Waals surface area contributed by atoms with E-state index in [0.29, 0.717) is 11.5 Å². The smallest absolute Gasteiger partial charge is 0.0588 e. The zero-order valence-electron chi connectivity index (χ0n) is 10.6. The van der Waals surface area contributed by atoms with Gasteiger partial charge in [0.15, 0.2) is 0 Å². The van der Waals surface area contributed by atoms with Gasteiger partial charge < -0.3 is 15.4 Å². The Morgan fingerprint density at radius 3 is 3.06 bits per heavy atom.